The molecule has 0 aliphatic carbocycles. The van der Waals surface area contributed by atoms with E-state index in [0.29, 0.717) is 30.3 Å². The van der Waals surface area contributed by atoms with Crippen LogP contribution in [-0.4, -0.2) is 35.1 Å². The first kappa shape index (κ1) is 23.3. The van der Waals surface area contributed by atoms with Gasteiger partial charge in [-0.25, -0.2) is 0 Å². The lowest BCUT2D eigenvalue weighted by Gasteiger charge is -2.30. The molecule has 0 heterocycles. The third-order valence-electron chi connectivity index (χ3n) is 4.54. The highest BCUT2D eigenvalue weighted by molar-refractivity contribution is 7.99. The zero-order valence-electron chi connectivity index (χ0n) is 17.1. The molecule has 0 bridgehead atoms. The van der Waals surface area contributed by atoms with E-state index in [9.17, 15) is 9.59 Å². The van der Waals surface area contributed by atoms with E-state index in [4.69, 9.17) is 11.6 Å². The maximum absolute atomic E-state index is 13.1. The van der Waals surface area contributed by atoms with Crippen molar-refractivity contribution in [2.75, 3.05) is 12.3 Å². The average Bonchev–Trinajstić information content (AvgIpc) is 2.74. The number of benzene rings is 2. The number of carbonyl (C=O) groups excluding carboxylic acids is 2. The number of halogens is 1. The first-order valence-electron chi connectivity index (χ1n) is 9.98. The molecule has 0 aliphatic heterocycles. The number of nitrogens with zero attached hydrogens (tertiary/aromatic N) is 1. The molecule has 4 nitrogen and oxygen atoms in total. The Balaban J connectivity index is 2.09. The molecule has 2 amide bonds. The van der Waals surface area contributed by atoms with E-state index < -0.39 is 6.04 Å². The third-order valence-corrected chi connectivity index (χ3v) is 5.78. The Morgan fingerprint density at radius 2 is 1.72 bits per heavy atom. The van der Waals surface area contributed by atoms with Crippen LogP contribution in [0.2, 0.25) is 5.02 Å². The van der Waals surface area contributed by atoms with E-state index in [2.05, 4.69) is 17.4 Å². The number of carbonyl (C=O) groups is 2. The van der Waals surface area contributed by atoms with Gasteiger partial charge in [0.15, 0.2) is 0 Å². The van der Waals surface area contributed by atoms with Crippen molar-refractivity contribution in [3.63, 3.8) is 0 Å². The third kappa shape index (κ3) is 7.75. The van der Waals surface area contributed by atoms with Crippen LogP contribution in [0.1, 0.15) is 37.8 Å². The maximum atomic E-state index is 13.1. The molecule has 156 valence electrons. The largest absolute Gasteiger partial charge is 0.354 e. The number of hydrogen-bond acceptors (Lipinski definition) is 3. The molecule has 0 spiro atoms. The molecule has 0 saturated heterocycles. The van der Waals surface area contributed by atoms with Gasteiger partial charge in [-0.1, -0.05) is 67.9 Å². The standard InChI is InChI=1S/C23H29ClN2O2S/c1-3-14-25-23(28)21(4-2)26(15-18-10-12-20(24)13-11-18)22(27)17-29-16-19-8-6-5-7-9-19/h5-13,21H,3-4,14-17H2,1-2H3,(H,25,28). The Hall–Kier alpha value is -1.98. The summed E-state index contributed by atoms with van der Waals surface area (Å²) in [5.41, 5.74) is 2.14. The quantitative estimate of drug-likeness (QED) is 0.549. The average molecular weight is 433 g/mol. The van der Waals surface area contributed by atoms with Gasteiger partial charge in [-0.05, 0) is 36.1 Å². The van der Waals surface area contributed by atoms with Crippen LogP contribution in [0.5, 0.6) is 0 Å². The van der Waals surface area contributed by atoms with Gasteiger partial charge in [-0.2, -0.15) is 0 Å². The number of rotatable bonds is 11. The first-order valence-corrected chi connectivity index (χ1v) is 11.5. The summed E-state index contributed by atoms with van der Waals surface area (Å²) in [6, 6.07) is 17.0. The van der Waals surface area contributed by atoms with Gasteiger partial charge in [0.1, 0.15) is 6.04 Å². The molecule has 1 N–H and O–H groups in total. The van der Waals surface area contributed by atoms with Crippen LogP contribution < -0.4 is 5.32 Å². The van der Waals surface area contributed by atoms with Crippen LogP contribution in [-0.2, 0) is 21.9 Å². The molecule has 2 aromatic carbocycles. The summed E-state index contributed by atoms with van der Waals surface area (Å²) in [6.45, 7) is 4.95. The van der Waals surface area contributed by atoms with Crippen molar-refractivity contribution in [2.24, 2.45) is 0 Å². The van der Waals surface area contributed by atoms with Crippen molar-refractivity contribution in [3.05, 3.63) is 70.7 Å². The van der Waals surface area contributed by atoms with Crippen LogP contribution >= 0.6 is 23.4 Å². The highest BCUT2D eigenvalue weighted by Crippen LogP contribution is 2.18. The molecule has 6 heteroatoms. The summed E-state index contributed by atoms with van der Waals surface area (Å²) in [6.07, 6.45) is 1.43. The Labute approximate surface area is 183 Å². The molecule has 2 aromatic rings. The lowest BCUT2D eigenvalue weighted by atomic mass is 10.1. The molecule has 0 aliphatic rings. The van der Waals surface area contributed by atoms with Gasteiger partial charge in [0, 0.05) is 23.9 Å². The van der Waals surface area contributed by atoms with Crippen molar-refractivity contribution in [2.45, 2.75) is 45.0 Å². The first-order chi connectivity index (χ1) is 14.0. The normalized spacial score (nSPS) is 11.7. The predicted molar refractivity (Wildman–Crippen MR) is 122 cm³/mol. The van der Waals surface area contributed by atoms with Crippen molar-refractivity contribution in [1.82, 2.24) is 10.2 Å². The molecule has 2 rings (SSSR count). The van der Waals surface area contributed by atoms with Gasteiger partial charge >= 0.3 is 0 Å². The number of amides is 2. The second-order valence-corrected chi connectivity index (χ2v) is 8.26. The van der Waals surface area contributed by atoms with Crippen LogP contribution in [0.25, 0.3) is 0 Å². The number of thioether (sulfide) groups is 1. The second kappa shape index (κ2) is 12.6. The molecule has 29 heavy (non-hydrogen) atoms. The van der Waals surface area contributed by atoms with Gasteiger partial charge < -0.3 is 10.2 Å². The fourth-order valence-electron chi connectivity index (χ4n) is 2.99. The summed E-state index contributed by atoms with van der Waals surface area (Å²) >= 11 is 7.56. The SMILES string of the molecule is CCCNC(=O)C(CC)N(Cc1ccc(Cl)cc1)C(=O)CSCc1ccccc1. The summed E-state index contributed by atoms with van der Waals surface area (Å²) in [5, 5.41) is 3.59. The fraction of sp³-hybridized carbons (Fsp3) is 0.391. The lowest BCUT2D eigenvalue weighted by molar-refractivity contribution is -0.139. The van der Waals surface area contributed by atoms with Crippen molar-refractivity contribution >= 4 is 35.2 Å². The highest BCUT2D eigenvalue weighted by atomic mass is 35.5. The van der Waals surface area contributed by atoms with Gasteiger partial charge in [0.25, 0.3) is 0 Å². The van der Waals surface area contributed by atoms with Crippen molar-refractivity contribution in [1.29, 1.82) is 0 Å². The minimum absolute atomic E-state index is 0.0284. The zero-order valence-corrected chi connectivity index (χ0v) is 18.6. The Bertz CT molecular complexity index is 768. The Morgan fingerprint density at radius 1 is 1.03 bits per heavy atom. The van der Waals surface area contributed by atoms with Crippen LogP contribution in [0.4, 0.5) is 0 Å². The molecule has 0 aromatic heterocycles. The maximum Gasteiger partial charge on any atom is 0.242 e. The minimum Gasteiger partial charge on any atom is -0.354 e. The summed E-state index contributed by atoms with van der Waals surface area (Å²) < 4.78 is 0. The number of hydrogen-bond donors (Lipinski definition) is 1. The van der Waals surface area contributed by atoms with Gasteiger partial charge in [0.05, 0.1) is 5.75 Å². The van der Waals surface area contributed by atoms with Crippen molar-refractivity contribution < 1.29 is 9.59 Å². The Kier molecular flexibility index (Phi) is 10.1. The summed E-state index contributed by atoms with van der Waals surface area (Å²) in [5.74, 6) is 0.976. The lowest BCUT2D eigenvalue weighted by Crippen LogP contribution is -2.49. The van der Waals surface area contributed by atoms with Crippen LogP contribution in [0.3, 0.4) is 0 Å². The summed E-state index contributed by atoms with van der Waals surface area (Å²) in [7, 11) is 0. The van der Waals surface area contributed by atoms with E-state index in [1.165, 1.54) is 5.56 Å². The molecular formula is C23H29ClN2O2S. The van der Waals surface area contributed by atoms with E-state index >= 15 is 0 Å². The molecule has 1 atom stereocenters. The molecule has 0 fully saturated rings. The fourth-order valence-corrected chi connectivity index (χ4v) is 3.98. The topological polar surface area (TPSA) is 49.4 Å². The van der Waals surface area contributed by atoms with Gasteiger partial charge in [0.2, 0.25) is 11.8 Å². The monoisotopic (exact) mass is 432 g/mol. The smallest absolute Gasteiger partial charge is 0.242 e. The van der Waals surface area contributed by atoms with E-state index in [1.807, 2.05) is 56.3 Å². The van der Waals surface area contributed by atoms with Crippen molar-refractivity contribution in [3.8, 4) is 0 Å². The molecule has 1 unspecified atom stereocenters. The zero-order chi connectivity index (χ0) is 21.1. The van der Waals surface area contributed by atoms with E-state index in [0.717, 1.165) is 17.7 Å². The minimum atomic E-state index is -0.484. The Morgan fingerprint density at radius 3 is 2.34 bits per heavy atom. The van der Waals surface area contributed by atoms with Crippen LogP contribution in [0.15, 0.2) is 54.6 Å². The van der Waals surface area contributed by atoms with E-state index in [-0.39, 0.29) is 11.8 Å². The molecular weight excluding hydrogens is 404 g/mol. The second-order valence-electron chi connectivity index (χ2n) is 6.84. The van der Waals surface area contributed by atoms with E-state index in [1.54, 1.807) is 16.7 Å². The van der Waals surface area contributed by atoms with Gasteiger partial charge in [-0.3, -0.25) is 9.59 Å². The predicted octanol–water partition coefficient (Wildman–Crippen LogP) is 4.91. The summed E-state index contributed by atoms with van der Waals surface area (Å²) in [4.78, 5) is 27.5. The van der Waals surface area contributed by atoms with Crippen LogP contribution in [0, 0.1) is 0 Å². The molecule has 0 saturated carbocycles. The molecule has 0 radical (unpaired) electrons. The highest BCUT2D eigenvalue weighted by Gasteiger charge is 2.28. The number of nitrogens with one attached hydrogen (secondary N) is 1. The van der Waals surface area contributed by atoms with Gasteiger partial charge in [-0.15, -0.1) is 11.8 Å².